The van der Waals surface area contributed by atoms with E-state index >= 15 is 0 Å². The van der Waals surface area contributed by atoms with E-state index in [1.807, 2.05) is 0 Å². The van der Waals surface area contributed by atoms with Crippen molar-refractivity contribution in [2.24, 2.45) is 0 Å². The van der Waals surface area contributed by atoms with Gasteiger partial charge < -0.3 is 10.1 Å². The largest absolute Gasteiger partial charge is 0.452 e. The number of nitriles is 1. The van der Waals surface area contributed by atoms with E-state index in [2.05, 4.69) is 11.4 Å². The maximum atomic E-state index is 12.8. The lowest BCUT2D eigenvalue weighted by Crippen LogP contribution is -2.20. The van der Waals surface area contributed by atoms with E-state index in [1.165, 1.54) is 47.8 Å². The molecule has 1 aliphatic rings. The monoisotopic (exact) mass is 398 g/mol. The minimum Gasteiger partial charge on any atom is -0.452 e. The predicted octanol–water partition coefficient (Wildman–Crippen LogP) is 4.22. The number of carbonyl (C=O) groups excluding carboxylic acids is 2. The van der Waals surface area contributed by atoms with Crippen LogP contribution in [0.2, 0.25) is 0 Å². The van der Waals surface area contributed by atoms with E-state index in [4.69, 9.17) is 4.74 Å². The van der Waals surface area contributed by atoms with E-state index in [0.717, 1.165) is 42.5 Å². The Morgan fingerprint density at radius 2 is 1.96 bits per heavy atom. The number of carbonyl (C=O) groups is 2. The summed E-state index contributed by atoms with van der Waals surface area (Å²) in [5, 5.41) is 12.7. The maximum absolute atomic E-state index is 12.8. The predicted molar refractivity (Wildman–Crippen MR) is 105 cm³/mol. The summed E-state index contributed by atoms with van der Waals surface area (Å²) in [6.45, 7) is -0.444. The molecule has 0 radical (unpaired) electrons. The van der Waals surface area contributed by atoms with Gasteiger partial charge in [-0.1, -0.05) is 18.6 Å². The number of nitrogens with one attached hydrogen (secondary N) is 1. The molecular weight excluding hydrogens is 379 g/mol. The number of fused-ring (bicyclic) bond motifs is 1. The number of hydrogen-bond acceptors (Lipinski definition) is 5. The molecule has 0 saturated heterocycles. The number of rotatable bonds is 5. The third-order valence-electron chi connectivity index (χ3n) is 4.41. The zero-order valence-corrected chi connectivity index (χ0v) is 16.0. The van der Waals surface area contributed by atoms with Crippen LogP contribution in [0.5, 0.6) is 0 Å². The molecule has 0 unspecified atom stereocenters. The van der Waals surface area contributed by atoms with Crippen LogP contribution in [0.3, 0.4) is 0 Å². The minimum absolute atomic E-state index is 0.362. The molecule has 7 heteroatoms. The first kappa shape index (κ1) is 19.8. The molecule has 2 aromatic rings. The molecule has 1 aromatic heterocycles. The number of thiophene rings is 1. The summed E-state index contributed by atoms with van der Waals surface area (Å²) in [7, 11) is 0. The van der Waals surface area contributed by atoms with Crippen molar-refractivity contribution in [3.63, 3.8) is 0 Å². The summed E-state index contributed by atoms with van der Waals surface area (Å²) in [4.78, 5) is 25.0. The number of amides is 1. The number of nitrogens with zero attached hydrogens (tertiary/aromatic N) is 1. The Kier molecular flexibility index (Phi) is 6.56. The van der Waals surface area contributed by atoms with Gasteiger partial charge in [0.15, 0.2) is 6.61 Å². The molecule has 0 aliphatic heterocycles. The van der Waals surface area contributed by atoms with Gasteiger partial charge in [0.05, 0.1) is 5.56 Å². The first-order valence-electron chi connectivity index (χ1n) is 9.01. The Balaban J connectivity index is 1.55. The highest BCUT2D eigenvalue weighted by molar-refractivity contribution is 7.16. The van der Waals surface area contributed by atoms with Gasteiger partial charge in [-0.25, -0.2) is 9.18 Å². The lowest BCUT2D eigenvalue weighted by atomic mass is 10.1. The fraction of sp³-hybridized carbons (Fsp3) is 0.286. The van der Waals surface area contributed by atoms with Gasteiger partial charge >= 0.3 is 5.97 Å². The highest BCUT2D eigenvalue weighted by Crippen LogP contribution is 2.36. The van der Waals surface area contributed by atoms with Crippen molar-refractivity contribution < 1.29 is 18.7 Å². The standard InChI is InChI=1S/C21H19FN2O3S/c22-15-9-6-14(7-10-15)8-11-20(26)27-13-19(25)24-21-17(12-23)16-4-2-1-3-5-18(16)28-21/h6-11H,1-5,13H2,(H,24,25)/b11-8+. The summed E-state index contributed by atoms with van der Waals surface area (Å²) < 4.78 is 17.8. The zero-order chi connectivity index (χ0) is 19.9. The molecular formula is C21H19FN2O3S. The first-order valence-corrected chi connectivity index (χ1v) is 9.83. The molecule has 0 saturated carbocycles. The highest BCUT2D eigenvalue weighted by Gasteiger charge is 2.21. The first-order chi connectivity index (χ1) is 13.6. The van der Waals surface area contributed by atoms with Gasteiger partial charge in [-0.15, -0.1) is 11.3 Å². The molecule has 1 amide bonds. The molecule has 28 heavy (non-hydrogen) atoms. The molecule has 1 N–H and O–H groups in total. The van der Waals surface area contributed by atoms with Gasteiger partial charge in [0.25, 0.3) is 5.91 Å². The van der Waals surface area contributed by atoms with Crippen LogP contribution in [0, 0.1) is 17.1 Å². The lowest BCUT2D eigenvalue weighted by Gasteiger charge is -2.04. The Labute approximate surface area is 166 Å². The van der Waals surface area contributed by atoms with E-state index in [0.29, 0.717) is 16.1 Å². The van der Waals surface area contributed by atoms with Crippen molar-refractivity contribution in [1.29, 1.82) is 5.26 Å². The van der Waals surface area contributed by atoms with Crippen molar-refractivity contribution in [3.8, 4) is 6.07 Å². The van der Waals surface area contributed by atoms with Crippen LogP contribution >= 0.6 is 11.3 Å². The van der Waals surface area contributed by atoms with Gasteiger partial charge in [0.2, 0.25) is 0 Å². The number of benzene rings is 1. The average Bonchev–Trinajstić information content (AvgIpc) is 2.85. The van der Waals surface area contributed by atoms with E-state index in [-0.39, 0.29) is 5.82 Å². The SMILES string of the molecule is N#Cc1c(NC(=O)COC(=O)/C=C/c2ccc(F)cc2)sc2c1CCCCC2. The zero-order valence-electron chi connectivity index (χ0n) is 15.2. The maximum Gasteiger partial charge on any atom is 0.331 e. The minimum atomic E-state index is -0.679. The summed E-state index contributed by atoms with van der Waals surface area (Å²) in [6.07, 6.45) is 7.71. The number of ether oxygens (including phenoxy) is 1. The van der Waals surface area contributed by atoms with E-state index < -0.39 is 18.5 Å². The van der Waals surface area contributed by atoms with Crippen LogP contribution in [0.25, 0.3) is 6.08 Å². The third kappa shape index (κ3) is 5.05. The average molecular weight is 398 g/mol. The number of esters is 1. The van der Waals surface area contributed by atoms with Crippen molar-refractivity contribution in [2.45, 2.75) is 32.1 Å². The second-order valence-corrected chi connectivity index (χ2v) is 7.53. The molecule has 3 rings (SSSR count). The van der Waals surface area contributed by atoms with Gasteiger partial charge in [-0.2, -0.15) is 5.26 Å². The molecule has 1 heterocycles. The number of aryl methyl sites for hydroxylation is 1. The smallest absolute Gasteiger partial charge is 0.331 e. The van der Waals surface area contributed by atoms with E-state index in [1.54, 1.807) is 0 Å². The molecule has 144 valence electrons. The Morgan fingerprint density at radius 1 is 1.21 bits per heavy atom. The van der Waals surface area contributed by atoms with Crippen molar-refractivity contribution in [2.75, 3.05) is 11.9 Å². The molecule has 0 atom stereocenters. The fourth-order valence-corrected chi connectivity index (χ4v) is 4.29. The Bertz CT molecular complexity index is 942. The van der Waals surface area contributed by atoms with Crippen LogP contribution < -0.4 is 5.32 Å². The number of anilines is 1. The fourth-order valence-electron chi connectivity index (χ4n) is 3.03. The highest BCUT2D eigenvalue weighted by atomic mass is 32.1. The third-order valence-corrected chi connectivity index (χ3v) is 5.62. The molecule has 0 bridgehead atoms. The quantitative estimate of drug-likeness (QED) is 0.465. The topological polar surface area (TPSA) is 79.2 Å². The summed E-state index contributed by atoms with van der Waals surface area (Å²) >= 11 is 1.43. The molecule has 1 aliphatic carbocycles. The van der Waals surface area contributed by atoms with Gasteiger partial charge in [-0.05, 0) is 55.0 Å². The van der Waals surface area contributed by atoms with Crippen LogP contribution in [0.1, 0.15) is 40.8 Å². The molecule has 0 spiro atoms. The summed E-state index contributed by atoms with van der Waals surface area (Å²) in [6, 6.07) is 7.81. The van der Waals surface area contributed by atoms with Crippen molar-refractivity contribution in [3.05, 3.63) is 57.7 Å². The molecule has 0 fully saturated rings. The second-order valence-electron chi connectivity index (χ2n) is 6.42. The summed E-state index contributed by atoms with van der Waals surface area (Å²) in [5.41, 5.74) is 2.21. The number of hydrogen-bond donors (Lipinski definition) is 1. The van der Waals surface area contributed by atoms with Gasteiger partial charge in [-0.3, -0.25) is 4.79 Å². The van der Waals surface area contributed by atoms with Crippen LogP contribution in [-0.4, -0.2) is 18.5 Å². The van der Waals surface area contributed by atoms with Crippen molar-refractivity contribution in [1.82, 2.24) is 0 Å². The lowest BCUT2D eigenvalue weighted by molar-refractivity contribution is -0.142. The van der Waals surface area contributed by atoms with Crippen LogP contribution in [0.15, 0.2) is 30.3 Å². The van der Waals surface area contributed by atoms with Crippen LogP contribution in [-0.2, 0) is 27.2 Å². The second kappa shape index (κ2) is 9.29. The van der Waals surface area contributed by atoms with Crippen molar-refractivity contribution >= 4 is 34.3 Å². The Morgan fingerprint density at radius 3 is 2.71 bits per heavy atom. The summed E-state index contributed by atoms with van der Waals surface area (Å²) in [5.74, 6) is -1.53. The normalized spacial score (nSPS) is 13.4. The number of halogens is 1. The van der Waals surface area contributed by atoms with Gasteiger partial charge in [0, 0.05) is 11.0 Å². The molecule has 5 nitrogen and oxygen atoms in total. The van der Waals surface area contributed by atoms with Gasteiger partial charge in [0.1, 0.15) is 16.9 Å². The molecule has 1 aromatic carbocycles. The Hall–Kier alpha value is -2.98. The van der Waals surface area contributed by atoms with E-state index in [9.17, 15) is 19.2 Å². The van der Waals surface area contributed by atoms with Crippen LogP contribution in [0.4, 0.5) is 9.39 Å².